The molecule has 0 radical (unpaired) electrons. The quantitative estimate of drug-likeness (QED) is 0.501. The highest BCUT2D eigenvalue weighted by Gasteiger charge is 2.22. The lowest BCUT2D eigenvalue weighted by Crippen LogP contribution is -2.25. The number of hydrogen-bond acceptors (Lipinski definition) is 3. The summed E-state index contributed by atoms with van der Waals surface area (Å²) in [7, 11) is 0. The molecule has 1 heterocycles. The van der Waals surface area contributed by atoms with Crippen LogP contribution in [0, 0.1) is 13.8 Å². The Morgan fingerprint density at radius 2 is 1.81 bits per heavy atom. The standard InChI is InChI=1S/C22H22N2OS/c1-15-10-12-18(13-11-15)24-20-9-5-8-19(20)21(23-22(24)25)26-14-17-7-4-3-6-16(17)2/h3-4,6-7,10-13H,5,8-9,14H2,1-2H3. The van der Waals surface area contributed by atoms with E-state index in [9.17, 15) is 4.79 Å². The highest BCUT2D eigenvalue weighted by Crippen LogP contribution is 2.32. The first-order valence-corrected chi connectivity index (χ1v) is 10.0. The number of hydrogen-bond donors (Lipinski definition) is 0. The zero-order chi connectivity index (χ0) is 18.1. The summed E-state index contributed by atoms with van der Waals surface area (Å²) in [4.78, 5) is 17.3. The van der Waals surface area contributed by atoms with Gasteiger partial charge in [0, 0.05) is 17.0 Å². The highest BCUT2D eigenvalue weighted by molar-refractivity contribution is 7.98. The molecule has 3 nitrogen and oxygen atoms in total. The second-order valence-electron chi connectivity index (χ2n) is 6.86. The van der Waals surface area contributed by atoms with Crippen LogP contribution in [-0.2, 0) is 18.6 Å². The number of aryl methyl sites for hydroxylation is 2. The van der Waals surface area contributed by atoms with Crippen LogP contribution < -0.4 is 5.69 Å². The molecule has 0 unspecified atom stereocenters. The molecule has 0 spiro atoms. The van der Waals surface area contributed by atoms with Crippen molar-refractivity contribution in [2.24, 2.45) is 0 Å². The molecule has 0 aliphatic heterocycles. The Hall–Kier alpha value is -2.33. The molecule has 0 atom stereocenters. The second-order valence-corrected chi connectivity index (χ2v) is 7.83. The third-order valence-electron chi connectivity index (χ3n) is 5.02. The normalized spacial score (nSPS) is 13.0. The van der Waals surface area contributed by atoms with Crippen molar-refractivity contribution in [2.45, 2.75) is 43.9 Å². The monoisotopic (exact) mass is 362 g/mol. The van der Waals surface area contributed by atoms with Gasteiger partial charge >= 0.3 is 5.69 Å². The van der Waals surface area contributed by atoms with Crippen molar-refractivity contribution >= 4 is 11.8 Å². The summed E-state index contributed by atoms with van der Waals surface area (Å²) < 4.78 is 1.81. The molecule has 0 N–H and O–H groups in total. The molecular weight excluding hydrogens is 340 g/mol. The Morgan fingerprint density at radius 3 is 2.58 bits per heavy atom. The molecule has 0 saturated heterocycles. The summed E-state index contributed by atoms with van der Waals surface area (Å²) in [5.74, 6) is 0.847. The molecule has 0 bridgehead atoms. The topological polar surface area (TPSA) is 34.9 Å². The van der Waals surface area contributed by atoms with Gasteiger partial charge in [0.05, 0.1) is 5.69 Å². The zero-order valence-corrected chi connectivity index (χ0v) is 16.0. The summed E-state index contributed by atoms with van der Waals surface area (Å²) in [6, 6.07) is 16.5. The number of benzene rings is 2. The van der Waals surface area contributed by atoms with Gasteiger partial charge in [0.15, 0.2) is 0 Å². The first-order valence-electron chi connectivity index (χ1n) is 9.02. The lowest BCUT2D eigenvalue weighted by Gasteiger charge is -2.14. The van der Waals surface area contributed by atoms with E-state index in [1.54, 1.807) is 16.3 Å². The molecule has 0 saturated carbocycles. The van der Waals surface area contributed by atoms with Crippen molar-refractivity contribution < 1.29 is 0 Å². The minimum atomic E-state index is -0.165. The van der Waals surface area contributed by atoms with E-state index in [2.05, 4.69) is 43.1 Å². The summed E-state index contributed by atoms with van der Waals surface area (Å²) in [5.41, 5.74) is 6.92. The molecule has 1 aliphatic carbocycles. The van der Waals surface area contributed by atoms with Crippen molar-refractivity contribution in [3.63, 3.8) is 0 Å². The molecule has 26 heavy (non-hydrogen) atoms. The van der Waals surface area contributed by atoms with Gasteiger partial charge in [-0.1, -0.05) is 42.0 Å². The molecule has 0 amide bonds. The van der Waals surface area contributed by atoms with Crippen LogP contribution in [0.4, 0.5) is 0 Å². The maximum Gasteiger partial charge on any atom is 0.353 e. The average Bonchev–Trinajstić information content (AvgIpc) is 3.11. The van der Waals surface area contributed by atoms with Gasteiger partial charge in [0.25, 0.3) is 0 Å². The number of aromatic nitrogens is 2. The maximum atomic E-state index is 12.8. The molecule has 132 valence electrons. The minimum Gasteiger partial charge on any atom is -0.265 e. The van der Waals surface area contributed by atoms with Gasteiger partial charge in [-0.2, -0.15) is 4.98 Å². The molecular formula is C22H22N2OS. The molecule has 3 aromatic rings. The molecule has 2 aromatic carbocycles. The molecule has 4 rings (SSSR count). The maximum absolute atomic E-state index is 12.8. The van der Waals surface area contributed by atoms with E-state index in [0.29, 0.717) is 0 Å². The van der Waals surface area contributed by atoms with Crippen LogP contribution in [0.15, 0.2) is 58.4 Å². The van der Waals surface area contributed by atoms with E-state index in [-0.39, 0.29) is 5.69 Å². The number of thioether (sulfide) groups is 1. The van der Waals surface area contributed by atoms with E-state index in [0.717, 1.165) is 41.4 Å². The van der Waals surface area contributed by atoms with E-state index in [1.165, 1.54) is 22.3 Å². The molecule has 1 aromatic heterocycles. The van der Waals surface area contributed by atoms with E-state index < -0.39 is 0 Å². The van der Waals surface area contributed by atoms with Crippen molar-refractivity contribution in [3.8, 4) is 5.69 Å². The fraction of sp³-hybridized carbons (Fsp3) is 0.273. The average molecular weight is 362 g/mol. The Bertz CT molecular complexity index is 1010. The smallest absolute Gasteiger partial charge is 0.265 e. The first-order chi connectivity index (χ1) is 12.6. The van der Waals surface area contributed by atoms with Gasteiger partial charge < -0.3 is 0 Å². The van der Waals surface area contributed by atoms with Crippen LogP contribution in [0.2, 0.25) is 0 Å². The Morgan fingerprint density at radius 1 is 1.04 bits per heavy atom. The molecule has 1 aliphatic rings. The second kappa shape index (κ2) is 7.12. The summed E-state index contributed by atoms with van der Waals surface area (Å²) in [6.07, 6.45) is 3.04. The van der Waals surface area contributed by atoms with Gasteiger partial charge in [0.2, 0.25) is 0 Å². The fourth-order valence-electron chi connectivity index (χ4n) is 3.52. The Kier molecular flexibility index (Phi) is 4.68. The predicted octanol–water partition coefficient (Wildman–Crippen LogP) is 4.63. The van der Waals surface area contributed by atoms with Gasteiger partial charge in [-0.15, -0.1) is 11.8 Å². The lowest BCUT2D eigenvalue weighted by molar-refractivity contribution is 0.802. The van der Waals surface area contributed by atoms with E-state index >= 15 is 0 Å². The summed E-state index contributed by atoms with van der Waals surface area (Å²) in [5, 5.41) is 0.911. The predicted molar refractivity (Wildman–Crippen MR) is 107 cm³/mol. The zero-order valence-electron chi connectivity index (χ0n) is 15.2. The van der Waals surface area contributed by atoms with Crippen LogP contribution in [0.5, 0.6) is 0 Å². The molecule has 0 fully saturated rings. The third-order valence-corrected chi connectivity index (χ3v) is 6.09. The van der Waals surface area contributed by atoms with Crippen LogP contribution in [-0.4, -0.2) is 9.55 Å². The minimum absolute atomic E-state index is 0.165. The van der Waals surface area contributed by atoms with E-state index in [1.807, 2.05) is 24.3 Å². The summed E-state index contributed by atoms with van der Waals surface area (Å²) in [6.45, 7) is 4.18. The van der Waals surface area contributed by atoms with Crippen LogP contribution >= 0.6 is 11.8 Å². The van der Waals surface area contributed by atoms with Gasteiger partial charge in [-0.05, 0) is 56.4 Å². The van der Waals surface area contributed by atoms with Crippen molar-refractivity contribution in [3.05, 3.63) is 87.0 Å². The highest BCUT2D eigenvalue weighted by atomic mass is 32.2. The van der Waals surface area contributed by atoms with Crippen LogP contribution in [0.1, 0.15) is 34.4 Å². The van der Waals surface area contributed by atoms with E-state index in [4.69, 9.17) is 0 Å². The SMILES string of the molecule is Cc1ccc(-n2c3c(c(SCc4ccccc4C)nc2=O)CCC3)cc1. The van der Waals surface area contributed by atoms with Gasteiger partial charge in [-0.25, -0.2) is 4.79 Å². The van der Waals surface area contributed by atoms with Crippen LogP contribution in [0.3, 0.4) is 0 Å². The molecule has 4 heteroatoms. The fourth-order valence-corrected chi connectivity index (χ4v) is 4.68. The lowest BCUT2D eigenvalue weighted by atomic mass is 10.1. The largest absolute Gasteiger partial charge is 0.353 e. The van der Waals surface area contributed by atoms with Crippen LogP contribution in [0.25, 0.3) is 5.69 Å². The van der Waals surface area contributed by atoms with Crippen molar-refractivity contribution in [2.75, 3.05) is 0 Å². The number of fused-ring (bicyclic) bond motifs is 1. The van der Waals surface area contributed by atoms with Crippen molar-refractivity contribution in [1.29, 1.82) is 0 Å². The number of nitrogens with zero attached hydrogens (tertiary/aromatic N) is 2. The van der Waals surface area contributed by atoms with Gasteiger partial charge in [-0.3, -0.25) is 4.57 Å². The summed E-state index contributed by atoms with van der Waals surface area (Å²) >= 11 is 1.69. The van der Waals surface area contributed by atoms with Gasteiger partial charge in [0.1, 0.15) is 5.03 Å². The number of rotatable bonds is 4. The third kappa shape index (κ3) is 3.21. The Balaban J connectivity index is 1.71. The van der Waals surface area contributed by atoms with Crippen molar-refractivity contribution in [1.82, 2.24) is 9.55 Å². The Labute approximate surface area is 158 Å². The first kappa shape index (κ1) is 17.1.